The molecule has 1 aliphatic rings. The molecule has 0 bridgehead atoms. The minimum Gasteiger partial charge on any atom is -0.379 e. The molecule has 0 radical (unpaired) electrons. The van der Waals surface area contributed by atoms with Crippen LogP contribution in [0.3, 0.4) is 0 Å². The molecule has 3 nitrogen and oxygen atoms in total. The lowest BCUT2D eigenvalue weighted by molar-refractivity contribution is 0.0382. The van der Waals surface area contributed by atoms with Gasteiger partial charge >= 0.3 is 0 Å². The van der Waals surface area contributed by atoms with Gasteiger partial charge in [-0.15, -0.1) is 11.3 Å². The van der Waals surface area contributed by atoms with Gasteiger partial charge in [-0.1, -0.05) is 0 Å². The van der Waals surface area contributed by atoms with E-state index >= 15 is 0 Å². The van der Waals surface area contributed by atoms with E-state index in [1.165, 1.54) is 9.35 Å². The van der Waals surface area contributed by atoms with Crippen molar-refractivity contribution in [2.45, 2.75) is 13.0 Å². The molecule has 0 aliphatic carbocycles. The molecule has 1 saturated heterocycles. The summed E-state index contributed by atoms with van der Waals surface area (Å²) in [6.07, 6.45) is 0. The molecule has 1 aromatic rings. The van der Waals surface area contributed by atoms with Crippen molar-refractivity contribution in [3.63, 3.8) is 0 Å². The number of rotatable bonds is 5. The van der Waals surface area contributed by atoms with Crippen molar-refractivity contribution >= 4 is 27.3 Å². The van der Waals surface area contributed by atoms with E-state index in [4.69, 9.17) is 4.74 Å². The first-order valence-electron chi connectivity index (χ1n) is 6.03. The van der Waals surface area contributed by atoms with Crippen molar-refractivity contribution in [1.82, 2.24) is 10.2 Å². The van der Waals surface area contributed by atoms with Crippen LogP contribution in [0, 0.1) is 0 Å². The number of nitrogens with one attached hydrogen (secondary N) is 1. The Morgan fingerprint density at radius 2 is 2.29 bits per heavy atom. The third-order valence-corrected chi connectivity index (χ3v) is 4.87. The molecule has 17 heavy (non-hydrogen) atoms. The Balaban J connectivity index is 1.67. The summed E-state index contributed by atoms with van der Waals surface area (Å²) in [6.45, 7) is 8.27. The van der Waals surface area contributed by atoms with Crippen molar-refractivity contribution in [2.24, 2.45) is 0 Å². The molecule has 0 aromatic carbocycles. The zero-order chi connectivity index (χ0) is 12.1. The zero-order valence-corrected chi connectivity index (χ0v) is 12.5. The maximum Gasteiger partial charge on any atom is 0.0594 e. The number of nitrogens with zero attached hydrogens (tertiary/aromatic N) is 1. The minimum atomic E-state index is 0.437. The fourth-order valence-corrected chi connectivity index (χ4v) is 3.40. The Morgan fingerprint density at radius 1 is 1.53 bits per heavy atom. The first kappa shape index (κ1) is 13.5. The first-order chi connectivity index (χ1) is 8.25. The Labute approximate surface area is 115 Å². The van der Waals surface area contributed by atoms with Gasteiger partial charge in [-0.25, -0.2) is 0 Å². The monoisotopic (exact) mass is 318 g/mol. The third kappa shape index (κ3) is 4.34. The summed E-state index contributed by atoms with van der Waals surface area (Å²) in [4.78, 5) is 3.84. The van der Waals surface area contributed by atoms with Gasteiger partial charge in [0.25, 0.3) is 0 Å². The number of hydrogen-bond donors (Lipinski definition) is 1. The molecule has 96 valence electrons. The molecule has 2 rings (SSSR count). The summed E-state index contributed by atoms with van der Waals surface area (Å²) < 4.78 is 6.51. The highest BCUT2D eigenvalue weighted by Crippen LogP contribution is 2.25. The van der Waals surface area contributed by atoms with E-state index in [0.717, 1.165) is 39.4 Å². The van der Waals surface area contributed by atoms with Gasteiger partial charge in [-0.2, -0.15) is 0 Å². The molecule has 5 heteroatoms. The van der Waals surface area contributed by atoms with Gasteiger partial charge in [0.05, 0.1) is 13.2 Å². The van der Waals surface area contributed by atoms with Crippen LogP contribution in [0.4, 0.5) is 0 Å². The van der Waals surface area contributed by atoms with Crippen LogP contribution < -0.4 is 5.32 Å². The quantitative estimate of drug-likeness (QED) is 0.902. The molecule has 1 unspecified atom stereocenters. The molecule has 0 spiro atoms. The lowest BCUT2D eigenvalue weighted by Crippen LogP contribution is -2.40. The Bertz CT molecular complexity index is 339. The fourth-order valence-electron chi connectivity index (χ4n) is 1.92. The molecule has 0 saturated carbocycles. The molecule has 1 aromatic heterocycles. The van der Waals surface area contributed by atoms with Crippen molar-refractivity contribution in [1.29, 1.82) is 0 Å². The second-order valence-electron chi connectivity index (χ2n) is 4.30. The highest BCUT2D eigenvalue weighted by atomic mass is 79.9. The largest absolute Gasteiger partial charge is 0.379 e. The predicted octanol–water partition coefficient (Wildman–Crippen LogP) is 2.49. The lowest BCUT2D eigenvalue weighted by Gasteiger charge is -2.27. The molecule has 0 amide bonds. The minimum absolute atomic E-state index is 0.437. The summed E-state index contributed by atoms with van der Waals surface area (Å²) in [5, 5.41) is 5.70. The zero-order valence-electron chi connectivity index (χ0n) is 10.1. The van der Waals surface area contributed by atoms with Crippen LogP contribution in [-0.2, 0) is 4.74 Å². The van der Waals surface area contributed by atoms with Crippen LogP contribution >= 0.6 is 27.3 Å². The average Bonchev–Trinajstić information content (AvgIpc) is 2.77. The smallest absolute Gasteiger partial charge is 0.0594 e. The Morgan fingerprint density at radius 3 is 2.94 bits per heavy atom. The van der Waals surface area contributed by atoms with E-state index in [1.54, 1.807) is 11.3 Å². The number of hydrogen-bond acceptors (Lipinski definition) is 4. The van der Waals surface area contributed by atoms with E-state index < -0.39 is 0 Å². The molecular weight excluding hydrogens is 300 g/mol. The third-order valence-electron chi connectivity index (χ3n) is 3.00. The van der Waals surface area contributed by atoms with Crippen molar-refractivity contribution in [3.05, 3.63) is 20.8 Å². The maximum atomic E-state index is 5.33. The van der Waals surface area contributed by atoms with E-state index in [1.807, 2.05) is 0 Å². The van der Waals surface area contributed by atoms with Crippen LogP contribution in [0.2, 0.25) is 0 Å². The van der Waals surface area contributed by atoms with Gasteiger partial charge in [0.2, 0.25) is 0 Å². The number of thiophene rings is 1. The number of morpholine rings is 1. The SMILES string of the molecule is CC(NCCN1CCOCC1)c1cc(Br)cs1. The van der Waals surface area contributed by atoms with E-state index in [-0.39, 0.29) is 0 Å². The molecule has 1 aliphatic heterocycles. The molecular formula is C12H19BrN2OS. The van der Waals surface area contributed by atoms with Crippen LogP contribution in [0.25, 0.3) is 0 Å². The van der Waals surface area contributed by atoms with Crippen LogP contribution in [-0.4, -0.2) is 44.3 Å². The van der Waals surface area contributed by atoms with Gasteiger partial charge in [-0.05, 0) is 28.9 Å². The topological polar surface area (TPSA) is 24.5 Å². The van der Waals surface area contributed by atoms with Gasteiger partial charge in [0.15, 0.2) is 0 Å². The van der Waals surface area contributed by atoms with Crippen molar-refractivity contribution < 1.29 is 4.74 Å². The predicted molar refractivity (Wildman–Crippen MR) is 75.7 cm³/mol. The summed E-state index contributed by atoms with van der Waals surface area (Å²) in [6, 6.07) is 2.63. The Kier molecular flexibility index (Phi) is 5.44. The maximum absolute atomic E-state index is 5.33. The number of halogens is 1. The normalized spacial score (nSPS) is 19.4. The van der Waals surface area contributed by atoms with Crippen LogP contribution in [0.1, 0.15) is 17.8 Å². The van der Waals surface area contributed by atoms with Crippen molar-refractivity contribution in [2.75, 3.05) is 39.4 Å². The summed E-state index contributed by atoms with van der Waals surface area (Å²) >= 11 is 5.29. The van der Waals surface area contributed by atoms with E-state index in [0.29, 0.717) is 6.04 Å². The second kappa shape index (κ2) is 6.85. The van der Waals surface area contributed by atoms with Gasteiger partial charge < -0.3 is 10.1 Å². The van der Waals surface area contributed by atoms with E-state index in [2.05, 4.69) is 44.5 Å². The van der Waals surface area contributed by atoms with Crippen LogP contribution in [0.15, 0.2) is 15.9 Å². The van der Waals surface area contributed by atoms with Gasteiger partial charge in [-0.3, -0.25) is 4.90 Å². The fraction of sp³-hybridized carbons (Fsp3) is 0.667. The molecule has 1 fully saturated rings. The summed E-state index contributed by atoms with van der Waals surface area (Å²) in [5.41, 5.74) is 0. The highest BCUT2D eigenvalue weighted by Gasteiger charge is 2.11. The Hall–Kier alpha value is 0.0600. The van der Waals surface area contributed by atoms with Crippen LogP contribution in [0.5, 0.6) is 0 Å². The standard InChI is InChI=1S/C12H19BrN2OS/c1-10(12-8-11(13)9-17-12)14-2-3-15-4-6-16-7-5-15/h8-10,14H,2-7H2,1H3. The lowest BCUT2D eigenvalue weighted by atomic mass is 10.3. The molecule has 1 N–H and O–H groups in total. The summed E-state index contributed by atoms with van der Waals surface area (Å²) in [5.74, 6) is 0. The van der Waals surface area contributed by atoms with Crippen molar-refractivity contribution in [3.8, 4) is 0 Å². The summed E-state index contributed by atoms with van der Waals surface area (Å²) in [7, 11) is 0. The average molecular weight is 319 g/mol. The second-order valence-corrected chi connectivity index (χ2v) is 6.16. The van der Waals surface area contributed by atoms with E-state index in [9.17, 15) is 0 Å². The highest BCUT2D eigenvalue weighted by molar-refractivity contribution is 9.10. The number of ether oxygens (including phenoxy) is 1. The molecule has 1 atom stereocenters. The van der Waals surface area contributed by atoms with Gasteiger partial charge in [0, 0.05) is 47.0 Å². The van der Waals surface area contributed by atoms with Gasteiger partial charge in [0.1, 0.15) is 0 Å². The molecule has 2 heterocycles. The first-order valence-corrected chi connectivity index (χ1v) is 7.70.